The second-order valence-corrected chi connectivity index (χ2v) is 7.11. The summed E-state index contributed by atoms with van der Waals surface area (Å²) in [4.78, 5) is 8.56. The summed E-state index contributed by atoms with van der Waals surface area (Å²) in [5, 5.41) is 23.9. The number of hydrogen-bond acceptors (Lipinski definition) is 2. The van der Waals surface area contributed by atoms with Crippen molar-refractivity contribution in [1.29, 1.82) is 0 Å². The summed E-state index contributed by atoms with van der Waals surface area (Å²) < 4.78 is 0. The van der Waals surface area contributed by atoms with Crippen LogP contribution in [-0.2, 0) is 0 Å². The zero-order valence-corrected chi connectivity index (χ0v) is 16.8. The predicted molar refractivity (Wildman–Crippen MR) is 106 cm³/mol. The number of aliphatic hydroxyl groups excluding tert-OH is 1. The zero-order chi connectivity index (χ0) is 19.2. The molecule has 0 radical (unpaired) electrons. The van der Waals surface area contributed by atoms with Gasteiger partial charge in [-0.3, -0.25) is 0 Å². The molecule has 0 aromatic rings. The van der Waals surface area contributed by atoms with E-state index < -0.39 is 6.16 Å². The second-order valence-electron chi connectivity index (χ2n) is 7.11. The summed E-state index contributed by atoms with van der Waals surface area (Å²) in [7, 11) is 0. The summed E-state index contributed by atoms with van der Waals surface area (Å²) in [6, 6.07) is 0. The molecule has 0 aliphatic carbocycles. The average Bonchev–Trinajstić information content (AvgIpc) is 2.56. The first-order valence-corrected chi connectivity index (χ1v) is 10.6. The largest absolute Gasteiger partial charge is 0.503 e. The number of unbranched alkanes of at least 4 members (excludes halogenated alkanes) is 13. The molecule has 0 fully saturated rings. The highest BCUT2D eigenvalue weighted by atomic mass is 16.6. The Hall–Kier alpha value is -0.770. The lowest BCUT2D eigenvalue weighted by Crippen LogP contribution is -2.05. The fraction of sp³-hybridized carbons (Fsp3) is 0.952. The molecule has 0 bridgehead atoms. The van der Waals surface area contributed by atoms with Crippen LogP contribution in [0.5, 0.6) is 0 Å². The Morgan fingerprint density at radius 1 is 0.600 bits per heavy atom. The van der Waals surface area contributed by atoms with Gasteiger partial charge in [0.25, 0.3) is 0 Å². The van der Waals surface area contributed by atoms with E-state index in [4.69, 9.17) is 15.0 Å². The minimum atomic E-state index is -1.83. The molecule has 4 nitrogen and oxygen atoms in total. The van der Waals surface area contributed by atoms with Crippen LogP contribution in [0.2, 0.25) is 0 Å². The number of aliphatic hydroxyl groups is 1. The quantitative estimate of drug-likeness (QED) is 0.239. The van der Waals surface area contributed by atoms with Gasteiger partial charge in [-0.05, 0) is 12.8 Å². The summed E-state index contributed by atoms with van der Waals surface area (Å²) in [6.45, 7) is 4.53. The third-order valence-electron chi connectivity index (χ3n) is 4.53. The van der Waals surface area contributed by atoms with E-state index in [2.05, 4.69) is 13.8 Å². The van der Waals surface area contributed by atoms with Crippen LogP contribution in [-0.4, -0.2) is 27.6 Å². The lowest BCUT2D eigenvalue weighted by Gasteiger charge is -2.10. The van der Waals surface area contributed by atoms with Crippen LogP contribution in [0.3, 0.4) is 0 Å². The Balaban J connectivity index is 0. The summed E-state index contributed by atoms with van der Waals surface area (Å²) in [5.74, 6) is 0. The number of carboxylic acid groups (broad SMARTS) is 2. The molecule has 0 aromatic heterocycles. The van der Waals surface area contributed by atoms with Gasteiger partial charge in [-0.2, -0.15) is 0 Å². The van der Waals surface area contributed by atoms with Gasteiger partial charge >= 0.3 is 6.16 Å². The number of carbonyl (C=O) groups is 1. The highest BCUT2D eigenvalue weighted by Gasteiger charge is 2.03. The molecule has 4 heteroatoms. The maximum Gasteiger partial charge on any atom is 0.503 e. The van der Waals surface area contributed by atoms with E-state index in [1.54, 1.807) is 0 Å². The fourth-order valence-corrected chi connectivity index (χ4v) is 3.00. The van der Waals surface area contributed by atoms with Gasteiger partial charge < -0.3 is 15.3 Å². The van der Waals surface area contributed by atoms with Gasteiger partial charge in [0, 0.05) is 0 Å². The molecule has 1 unspecified atom stereocenters. The second kappa shape index (κ2) is 23.2. The molecule has 0 saturated carbocycles. The van der Waals surface area contributed by atoms with E-state index in [1.165, 1.54) is 96.3 Å². The normalized spacial score (nSPS) is 11.6. The third kappa shape index (κ3) is 31.5. The zero-order valence-electron chi connectivity index (χ0n) is 16.8. The van der Waals surface area contributed by atoms with Crippen LogP contribution in [0.15, 0.2) is 0 Å². The lowest BCUT2D eigenvalue weighted by atomic mass is 10.0. The van der Waals surface area contributed by atoms with Crippen molar-refractivity contribution in [3.8, 4) is 0 Å². The Morgan fingerprint density at radius 3 is 1.12 bits per heavy atom. The van der Waals surface area contributed by atoms with Crippen molar-refractivity contribution in [2.75, 3.05) is 0 Å². The van der Waals surface area contributed by atoms with Gasteiger partial charge in [-0.25, -0.2) is 4.79 Å². The van der Waals surface area contributed by atoms with E-state index in [1.807, 2.05) is 0 Å². The van der Waals surface area contributed by atoms with Gasteiger partial charge in [0.15, 0.2) is 0 Å². The van der Waals surface area contributed by atoms with Gasteiger partial charge in [0.2, 0.25) is 0 Å². The number of rotatable bonds is 17. The average molecular weight is 361 g/mol. The molecule has 152 valence electrons. The molecule has 0 amide bonds. The smallest absolute Gasteiger partial charge is 0.450 e. The minimum absolute atomic E-state index is 0.0271. The monoisotopic (exact) mass is 360 g/mol. The van der Waals surface area contributed by atoms with Crippen LogP contribution in [0, 0.1) is 0 Å². The van der Waals surface area contributed by atoms with Crippen molar-refractivity contribution in [3.63, 3.8) is 0 Å². The highest BCUT2D eigenvalue weighted by molar-refractivity contribution is 5.53. The van der Waals surface area contributed by atoms with Gasteiger partial charge in [0.1, 0.15) is 0 Å². The van der Waals surface area contributed by atoms with Crippen molar-refractivity contribution in [3.05, 3.63) is 0 Å². The molecule has 1 atom stereocenters. The van der Waals surface area contributed by atoms with Crippen molar-refractivity contribution >= 4 is 6.16 Å². The van der Waals surface area contributed by atoms with Crippen LogP contribution in [0.25, 0.3) is 0 Å². The van der Waals surface area contributed by atoms with Crippen LogP contribution in [0.4, 0.5) is 4.79 Å². The molecule has 25 heavy (non-hydrogen) atoms. The Morgan fingerprint density at radius 2 is 0.840 bits per heavy atom. The van der Waals surface area contributed by atoms with E-state index in [0.717, 1.165) is 12.8 Å². The van der Waals surface area contributed by atoms with Crippen molar-refractivity contribution in [1.82, 2.24) is 0 Å². The summed E-state index contributed by atoms with van der Waals surface area (Å²) in [5.41, 5.74) is 0. The van der Waals surface area contributed by atoms with E-state index in [-0.39, 0.29) is 6.10 Å². The molecule has 0 aliphatic heterocycles. The lowest BCUT2D eigenvalue weighted by molar-refractivity contribution is 0.136. The molecule has 0 spiro atoms. The van der Waals surface area contributed by atoms with E-state index in [0.29, 0.717) is 0 Å². The molecule has 0 heterocycles. The van der Waals surface area contributed by atoms with Gasteiger partial charge in [-0.1, -0.05) is 110 Å². The Kier molecular flexibility index (Phi) is 24.6. The standard InChI is InChI=1S/C20H42O.CH2O3/c1-3-5-7-9-11-12-13-15-17-19-20(21)18-16-14-10-8-6-4-2;2-1(3)4/h20-21H,3-19H2,1-2H3;(H2,2,3,4). The van der Waals surface area contributed by atoms with Crippen LogP contribution in [0.1, 0.15) is 123 Å². The Labute approximate surface area is 156 Å². The molecular weight excluding hydrogens is 316 g/mol. The van der Waals surface area contributed by atoms with Crippen molar-refractivity contribution in [2.24, 2.45) is 0 Å². The fourth-order valence-electron chi connectivity index (χ4n) is 3.00. The first-order chi connectivity index (χ1) is 12.0. The summed E-state index contributed by atoms with van der Waals surface area (Å²) in [6.07, 6.45) is 20.5. The van der Waals surface area contributed by atoms with Gasteiger partial charge in [-0.15, -0.1) is 0 Å². The molecule has 0 saturated heterocycles. The Bertz CT molecular complexity index is 252. The first-order valence-electron chi connectivity index (χ1n) is 10.6. The molecule has 0 aliphatic rings. The van der Waals surface area contributed by atoms with Gasteiger partial charge in [0.05, 0.1) is 6.10 Å². The van der Waals surface area contributed by atoms with Crippen molar-refractivity contribution < 1.29 is 20.1 Å². The topological polar surface area (TPSA) is 77.8 Å². The molecule has 0 rings (SSSR count). The third-order valence-corrected chi connectivity index (χ3v) is 4.53. The predicted octanol–water partition coefficient (Wildman–Crippen LogP) is 7.24. The maximum absolute atomic E-state index is 9.95. The SMILES string of the molecule is CCCCCCCCCCCC(O)CCCCCCCC.O=C(O)O. The molecule has 3 N–H and O–H groups in total. The number of hydrogen-bond donors (Lipinski definition) is 3. The molecule has 0 aromatic carbocycles. The van der Waals surface area contributed by atoms with Crippen molar-refractivity contribution in [2.45, 2.75) is 129 Å². The molecular formula is C21H44O4. The van der Waals surface area contributed by atoms with Crippen LogP contribution < -0.4 is 0 Å². The minimum Gasteiger partial charge on any atom is -0.450 e. The first kappa shape index (κ1) is 26.5. The van der Waals surface area contributed by atoms with E-state index >= 15 is 0 Å². The highest BCUT2D eigenvalue weighted by Crippen LogP contribution is 2.14. The van der Waals surface area contributed by atoms with Crippen LogP contribution >= 0.6 is 0 Å². The summed E-state index contributed by atoms with van der Waals surface area (Å²) >= 11 is 0. The van der Waals surface area contributed by atoms with E-state index in [9.17, 15) is 5.11 Å². The maximum atomic E-state index is 9.95.